The second-order valence-electron chi connectivity index (χ2n) is 2.29. The van der Waals surface area contributed by atoms with E-state index < -0.39 is 4.92 Å². The lowest BCUT2D eigenvalue weighted by molar-refractivity contribution is -0.721. The molecule has 0 amide bonds. The first-order valence-electron chi connectivity index (χ1n) is 3.08. The van der Waals surface area contributed by atoms with Crippen LogP contribution in [-0.2, 0) is 14.1 Å². The van der Waals surface area contributed by atoms with E-state index in [1.54, 1.807) is 21.0 Å². The highest BCUT2D eigenvalue weighted by atomic mass is 16.6. The molecular weight excluding hydrogens is 148 g/mol. The summed E-state index contributed by atoms with van der Waals surface area (Å²) in [5, 5.41) is 14.0. The van der Waals surface area contributed by atoms with E-state index in [0.717, 1.165) is 5.82 Å². The highest BCUT2D eigenvalue weighted by molar-refractivity contribution is 4.90. The first-order chi connectivity index (χ1) is 5.04. The lowest BCUT2D eigenvalue weighted by Crippen LogP contribution is -2.32. The van der Waals surface area contributed by atoms with Crippen LogP contribution in [0.3, 0.4) is 0 Å². The zero-order chi connectivity index (χ0) is 8.59. The van der Waals surface area contributed by atoms with Gasteiger partial charge in [0.1, 0.15) is 7.05 Å². The monoisotopic (exact) mass is 157 g/mol. The summed E-state index contributed by atoms with van der Waals surface area (Å²) in [5.41, 5.74) is 0. The minimum Gasteiger partial charge on any atom is -0.320 e. The van der Waals surface area contributed by atoms with Crippen LogP contribution in [0.1, 0.15) is 5.82 Å². The molecule has 0 unspecified atom stereocenters. The Hall–Kier alpha value is -1.46. The second-order valence-corrected chi connectivity index (χ2v) is 2.29. The van der Waals surface area contributed by atoms with Crippen LogP contribution in [0, 0.1) is 17.0 Å². The smallest absolute Gasteiger partial charge is 0.320 e. The average Bonchev–Trinajstić information content (AvgIpc) is 2.17. The van der Waals surface area contributed by atoms with E-state index in [0.29, 0.717) is 0 Å². The number of rotatable bonds is 1. The number of aromatic nitrogens is 3. The summed E-state index contributed by atoms with van der Waals surface area (Å²) in [6.45, 7) is 1.76. The van der Waals surface area contributed by atoms with Gasteiger partial charge in [-0.1, -0.05) is 4.68 Å². The van der Waals surface area contributed by atoms with Gasteiger partial charge in [0.15, 0.2) is 5.10 Å². The first kappa shape index (κ1) is 7.64. The zero-order valence-electron chi connectivity index (χ0n) is 6.61. The molecule has 0 saturated carbocycles. The SMILES string of the molecule is Cc1n(C)nc([N+](=O)[O-])[n+]1C. The summed E-state index contributed by atoms with van der Waals surface area (Å²) in [6.07, 6.45) is 0. The van der Waals surface area contributed by atoms with Crippen molar-refractivity contribution in [3.8, 4) is 0 Å². The van der Waals surface area contributed by atoms with Gasteiger partial charge in [-0.2, -0.15) is 0 Å². The Morgan fingerprint density at radius 2 is 2.27 bits per heavy atom. The molecule has 0 atom stereocenters. The van der Waals surface area contributed by atoms with Gasteiger partial charge in [-0.25, -0.2) is 0 Å². The first-order valence-corrected chi connectivity index (χ1v) is 3.08. The molecule has 0 aliphatic heterocycles. The quantitative estimate of drug-likeness (QED) is 0.312. The van der Waals surface area contributed by atoms with Crippen LogP contribution in [0.4, 0.5) is 5.95 Å². The zero-order valence-corrected chi connectivity index (χ0v) is 6.61. The molecule has 1 aromatic heterocycles. The Bertz CT molecular complexity index is 304. The van der Waals surface area contributed by atoms with Crippen LogP contribution in [-0.4, -0.2) is 14.7 Å². The van der Waals surface area contributed by atoms with Crippen LogP contribution in [0.2, 0.25) is 0 Å². The van der Waals surface area contributed by atoms with Crippen LogP contribution >= 0.6 is 0 Å². The predicted molar refractivity (Wildman–Crippen MR) is 35.8 cm³/mol. The van der Waals surface area contributed by atoms with Crippen LogP contribution in [0.15, 0.2) is 0 Å². The van der Waals surface area contributed by atoms with Crippen molar-refractivity contribution >= 4 is 5.95 Å². The topological polar surface area (TPSA) is 64.8 Å². The molecule has 0 radical (unpaired) electrons. The maximum atomic E-state index is 10.3. The van der Waals surface area contributed by atoms with E-state index in [4.69, 9.17) is 0 Å². The summed E-state index contributed by atoms with van der Waals surface area (Å²) in [6, 6.07) is 0. The summed E-state index contributed by atoms with van der Waals surface area (Å²) in [7, 11) is 3.28. The predicted octanol–water partition coefficient (Wildman–Crippen LogP) is -0.539. The van der Waals surface area contributed by atoms with Crippen molar-refractivity contribution in [1.29, 1.82) is 0 Å². The number of nitrogens with zero attached hydrogens (tertiary/aromatic N) is 4. The average molecular weight is 157 g/mol. The lowest BCUT2D eigenvalue weighted by atomic mass is 10.7. The minimum absolute atomic E-state index is 0.134. The molecule has 0 aliphatic rings. The summed E-state index contributed by atoms with van der Waals surface area (Å²) >= 11 is 0. The largest absolute Gasteiger partial charge is 0.654 e. The van der Waals surface area contributed by atoms with Gasteiger partial charge < -0.3 is 10.1 Å². The van der Waals surface area contributed by atoms with Gasteiger partial charge in [0.05, 0.1) is 12.0 Å². The Labute approximate surface area is 63.2 Å². The van der Waals surface area contributed by atoms with Crippen molar-refractivity contribution in [2.24, 2.45) is 14.1 Å². The van der Waals surface area contributed by atoms with E-state index in [2.05, 4.69) is 5.10 Å². The maximum absolute atomic E-state index is 10.3. The number of hydrogen-bond donors (Lipinski definition) is 0. The van der Waals surface area contributed by atoms with Gasteiger partial charge in [0.25, 0.3) is 0 Å². The molecule has 60 valence electrons. The molecule has 1 heterocycles. The van der Waals surface area contributed by atoms with Crippen molar-refractivity contribution in [1.82, 2.24) is 9.78 Å². The van der Waals surface area contributed by atoms with E-state index in [1.807, 2.05) is 0 Å². The molecule has 0 aromatic carbocycles. The standard InChI is InChI=1S/C5H9N4O2/c1-4-7(2)5(9(10)11)6-8(4)3/h1-3H3/q+1. The second kappa shape index (κ2) is 2.30. The molecule has 0 aliphatic carbocycles. The van der Waals surface area contributed by atoms with Gasteiger partial charge in [-0.3, -0.25) is 0 Å². The molecule has 0 bridgehead atoms. The molecular formula is C5H9N4O2+. The minimum atomic E-state index is -0.507. The molecule has 6 heteroatoms. The van der Waals surface area contributed by atoms with Crippen LogP contribution in [0.5, 0.6) is 0 Å². The highest BCUT2D eigenvalue weighted by Gasteiger charge is 2.29. The fourth-order valence-electron chi connectivity index (χ4n) is 0.794. The van der Waals surface area contributed by atoms with Crippen molar-refractivity contribution in [3.05, 3.63) is 15.9 Å². The van der Waals surface area contributed by atoms with E-state index in [9.17, 15) is 10.1 Å². The maximum Gasteiger partial charge on any atom is 0.654 e. The Balaban J connectivity index is 3.29. The Morgan fingerprint density at radius 3 is 2.45 bits per heavy atom. The summed E-state index contributed by atoms with van der Waals surface area (Å²) < 4.78 is 2.90. The van der Waals surface area contributed by atoms with E-state index in [-0.39, 0.29) is 5.95 Å². The van der Waals surface area contributed by atoms with Crippen molar-refractivity contribution in [3.63, 3.8) is 0 Å². The van der Waals surface area contributed by atoms with Crippen molar-refractivity contribution in [2.75, 3.05) is 0 Å². The van der Waals surface area contributed by atoms with Crippen LogP contribution in [0.25, 0.3) is 0 Å². The molecule has 1 aromatic rings. The van der Waals surface area contributed by atoms with Gasteiger partial charge in [-0.15, -0.1) is 4.57 Å². The molecule has 0 fully saturated rings. The highest BCUT2D eigenvalue weighted by Crippen LogP contribution is 1.98. The molecule has 11 heavy (non-hydrogen) atoms. The van der Waals surface area contributed by atoms with Gasteiger partial charge in [0, 0.05) is 6.92 Å². The summed E-state index contributed by atoms with van der Waals surface area (Å²) in [4.78, 5) is 9.79. The van der Waals surface area contributed by atoms with Gasteiger partial charge >= 0.3 is 5.95 Å². The van der Waals surface area contributed by atoms with Crippen molar-refractivity contribution in [2.45, 2.75) is 6.92 Å². The number of hydrogen-bond acceptors (Lipinski definition) is 3. The third-order valence-electron chi connectivity index (χ3n) is 1.66. The third-order valence-corrected chi connectivity index (χ3v) is 1.66. The number of aryl methyl sites for hydroxylation is 1. The lowest BCUT2D eigenvalue weighted by Gasteiger charge is -1.82. The Morgan fingerprint density at radius 1 is 1.73 bits per heavy atom. The van der Waals surface area contributed by atoms with Gasteiger partial charge in [0.2, 0.25) is 5.82 Å². The normalized spacial score (nSPS) is 10.1. The Kier molecular flexibility index (Phi) is 1.60. The fourth-order valence-corrected chi connectivity index (χ4v) is 0.794. The molecule has 0 N–H and O–H groups in total. The summed E-state index contributed by atoms with van der Waals surface area (Å²) in [5.74, 6) is 0.613. The number of nitro groups is 1. The van der Waals surface area contributed by atoms with E-state index >= 15 is 0 Å². The molecule has 0 spiro atoms. The van der Waals surface area contributed by atoms with Gasteiger partial charge in [-0.05, 0) is 0 Å². The van der Waals surface area contributed by atoms with Crippen molar-refractivity contribution < 1.29 is 9.49 Å². The molecule has 6 nitrogen and oxygen atoms in total. The molecule has 0 saturated heterocycles. The molecule has 1 rings (SSSR count). The van der Waals surface area contributed by atoms with Crippen LogP contribution < -0.4 is 4.57 Å². The fraction of sp³-hybridized carbons (Fsp3) is 0.600. The third kappa shape index (κ3) is 1.06. The van der Waals surface area contributed by atoms with E-state index in [1.165, 1.54) is 9.25 Å².